The molecule has 158 valence electrons. The second-order valence-corrected chi connectivity index (χ2v) is 7.23. The molecule has 30 heavy (non-hydrogen) atoms. The van der Waals surface area contributed by atoms with Crippen molar-refractivity contribution in [2.24, 2.45) is 5.92 Å². The summed E-state index contributed by atoms with van der Waals surface area (Å²) in [6.07, 6.45) is -1.59. The van der Waals surface area contributed by atoms with Gasteiger partial charge in [-0.1, -0.05) is 36.4 Å². The molecule has 0 radical (unpaired) electrons. The molecule has 0 aliphatic carbocycles. The molecule has 1 fully saturated rings. The molecule has 8 heteroatoms. The van der Waals surface area contributed by atoms with E-state index in [0.717, 1.165) is 5.56 Å². The lowest BCUT2D eigenvalue weighted by Gasteiger charge is -2.31. The molecule has 2 aromatic rings. The van der Waals surface area contributed by atoms with E-state index in [1.54, 1.807) is 18.3 Å². The third-order valence-electron chi connectivity index (χ3n) is 5.00. The first-order valence-electron chi connectivity index (χ1n) is 9.61. The lowest BCUT2D eigenvalue weighted by atomic mass is 9.95. The van der Waals surface area contributed by atoms with Crippen molar-refractivity contribution in [2.45, 2.75) is 25.9 Å². The van der Waals surface area contributed by atoms with E-state index in [1.165, 1.54) is 29.2 Å². The summed E-state index contributed by atoms with van der Waals surface area (Å²) in [6.45, 7) is 2.32. The summed E-state index contributed by atoms with van der Waals surface area (Å²) in [5.41, 5.74) is -0.0572. The largest absolute Gasteiger partial charge is 0.417 e. The van der Waals surface area contributed by atoms with Gasteiger partial charge >= 0.3 is 6.18 Å². The van der Waals surface area contributed by atoms with E-state index in [4.69, 9.17) is 0 Å². The fraction of sp³-hybridized carbons (Fsp3) is 0.318. The van der Waals surface area contributed by atoms with Gasteiger partial charge in [-0.15, -0.1) is 0 Å². The van der Waals surface area contributed by atoms with E-state index in [2.05, 4.69) is 10.3 Å². The molecule has 1 saturated heterocycles. The Bertz CT molecular complexity index is 917. The Balaban J connectivity index is 1.62. The van der Waals surface area contributed by atoms with Gasteiger partial charge in [-0.2, -0.15) is 13.2 Å². The monoisotopic (exact) mass is 417 g/mol. The van der Waals surface area contributed by atoms with E-state index in [0.29, 0.717) is 24.7 Å². The van der Waals surface area contributed by atoms with Gasteiger partial charge in [0.2, 0.25) is 11.8 Å². The number of aryl methyl sites for hydroxylation is 1. The Hall–Kier alpha value is -3.16. The number of pyridine rings is 1. The van der Waals surface area contributed by atoms with Gasteiger partial charge in [0.1, 0.15) is 5.82 Å². The summed E-state index contributed by atoms with van der Waals surface area (Å²) in [4.78, 5) is 30.4. The molecule has 0 atom stereocenters. The lowest BCUT2D eigenvalue weighted by molar-refractivity contribution is -0.130. The maximum atomic E-state index is 13.4. The van der Waals surface area contributed by atoms with Crippen LogP contribution in [0, 0.1) is 12.8 Å². The van der Waals surface area contributed by atoms with Crippen LogP contribution < -0.4 is 5.32 Å². The number of amides is 2. The summed E-state index contributed by atoms with van der Waals surface area (Å²) < 4.78 is 40.3. The van der Waals surface area contributed by atoms with Gasteiger partial charge in [0.25, 0.3) is 0 Å². The number of likely N-dealkylation sites (tertiary alicyclic amines) is 1. The molecule has 1 N–H and O–H groups in total. The van der Waals surface area contributed by atoms with Gasteiger partial charge in [-0.25, -0.2) is 4.98 Å². The molecular formula is C22H22F3N3O2. The zero-order valence-electron chi connectivity index (χ0n) is 16.4. The molecule has 5 nitrogen and oxygen atoms in total. The summed E-state index contributed by atoms with van der Waals surface area (Å²) in [6, 6.07) is 10.8. The van der Waals surface area contributed by atoms with Crippen LogP contribution >= 0.6 is 0 Å². The van der Waals surface area contributed by atoms with Crippen molar-refractivity contribution in [1.29, 1.82) is 0 Å². The maximum Gasteiger partial charge on any atom is 0.417 e. The molecule has 1 aliphatic rings. The smallest absolute Gasteiger partial charge is 0.339 e. The van der Waals surface area contributed by atoms with Crippen LogP contribution in [-0.2, 0) is 9.59 Å². The molecule has 1 aliphatic heterocycles. The normalized spacial score (nSPS) is 15.7. The number of nitrogens with zero attached hydrogens (tertiary/aromatic N) is 2. The van der Waals surface area contributed by atoms with Crippen molar-refractivity contribution in [3.8, 4) is 0 Å². The highest BCUT2D eigenvalue weighted by atomic mass is 19.4. The fourth-order valence-electron chi connectivity index (χ4n) is 3.29. The molecule has 0 spiro atoms. The van der Waals surface area contributed by atoms with E-state index in [-0.39, 0.29) is 30.5 Å². The van der Waals surface area contributed by atoms with Crippen molar-refractivity contribution in [1.82, 2.24) is 9.88 Å². The van der Waals surface area contributed by atoms with Gasteiger partial charge in [0, 0.05) is 31.3 Å². The van der Waals surface area contributed by atoms with Crippen LogP contribution in [0.15, 0.2) is 54.7 Å². The van der Waals surface area contributed by atoms with Crippen LogP contribution in [0.1, 0.15) is 24.0 Å². The first kappa shape index (κ1) is 21.5. The Morgan fingerprint density at radius 3 is 2.33 bits per heavy atom. The predicted molar refractivity (Wildman–Crippen MR) is 107 cm³/mol. The number of rotatable bonds is 4. The third kappa shape index (κ3) is 5.46. The van der Waals surface area contributed by atoms with Gasteiger partial charge < -0.3 is 10.2 Å². The molecule has 0 bridgehead atoms. The summed E-state index contributed by atoms with van der Waals surface area (Å²) in [5.74, 6) is -0.776. The lowest BCUT2D eigenvalue weighted by Crippen LogP contribution is -2.41. The summed E-state index contributed by atoms with van der Waals surface area (Å²) in [7, 11) is 0. The zero-order valence-corrected chi connectivity index (χ0v) is 16.4. The average molecular weight is 417 g/mol. The standard InChI is InChI=1S/C22H22F3N3O2/c1-15-7-8-19(26-14-15)27-21(30)17-9-11-28(12-10-17)20(29)13-18(22(23,24)25)16-5-3-2-4-6-16/h2-8,13-14,17H,9-12H2,1H3,(H,26,27,30)/b18-13-. The number of hydrogen-bond donors (Lipinski definition) is 1. The average Bonchev–Trinajstić information content (AvgIpc) is 2.73. The number of benzene rings is 1. The third-order valence-corrected chi connectivity index (χ3v) is 5.00. The number of allylic oxidation sites excluding steroid dienone is 1. The van der Waals surface area contributed by atoms with Crippen molar-refractivity contribution in [3.63, 3.8) is 0 Å². The SMILES string of the molecule is Cc1ccc(NC(=O)C2CCN(C(=O)/C=C(/c3ccccc3)C(F)(F)F)CC2)nc1. The molecule has 1 aromatic carbocycles. The Kier molecular flexibility index (Phi) is 6.54. The molecular weight excluding hydrogens is 395 g/mol. The van der Waals surface area contributed by atoms with E-state index < -0.39 is 17.7 Å². The highest BCUT2D eigenvalue weighted by Gasteiger charge is 2.36. The van der Waals surface area contributed by atoms with Crippen molar-refractivity contribution >= 4 is 23.2 Å². The molecule has 2 amide bonds. The number of halogens is 3. The van der Waals surface area contributed by atoms with Crippen LogP contribution in [0.5, 0.6) is 0 Å². The Morgan fingerprint density at radius 2 is 1.77 bits per heavy atom. The first-order valence-corrected chi connectivity index (χ1v) is 9.61. The minimum absolute atomic E-state index is 0.0572. The quantitative estimate of drug-likeness (QED) is 0.758. The molecule has 0 saturated carbocycles. The minimum Gasteiger partial charge on any atom is -0.339 e. The van der Waals surface area contributed by atoms with E-state index in [9.17, 15) is 22.8 Å². The molecule has 3 rings (SSSR count). The number of anilines is 1. The Labute approximate surface area is 172 Å². The number of hydrogen-bond acceptors (Lipinski definition) is 3. The number of piperidine rings is 1. The zero-order chi connectivity index (χ0) is 21.7. The van der Waals surface area contributed by atoms with Crippen LogP contribution in [0.4, 0.5) is 19.0 Å². The number of aromatic nitrogens is 1. The molecule has 0 unspecified atom stereocenters. The second-order valence-electron chi connectivity index (χ2n) is 7.23. The highest BCUT2D eigenvalue weighted by Crippen LogP contribution is 2.34. The van der Waals surface area contributed by atoms with Crippen LogP contribution in [-0.4, -0.2) is 41.0 Å². The van der Waals surface area contributed by atoms with Gasteiger partial charge in [0.15, 0.2) is 0 Å². The summed E-state index contributed by atoms with van der Waals surface area (Å²) in [5, 5.41) is 2.74. The van der Waals surface area contributed by atoms with Gasteiger partial charge in [-0.3, -0.25) is 9.59 Å². The molecule has 2 heterocycles. The number of carbonyl (C=O) groups excluding carboxylic acids is 2. The number of carbonyl (C=O) groups is 2. The number of alkyl halides is 3. The van der Waals surface area contributed by atoms with Gasteiger partial charge in [0.05, 0.1) is 5.57 Å². The van der Waals surface area contributed by atoms with Crippen LogP contribution in [0.3, 0.4) is 0 Å². The Morgan fingerprint density at radius 1 is 1.10 bits per heavy atom. The molecule has 1 aromatic heterocycles. The number of nitrogens with one attached hydrogen (secondary N) is 1. The first-order chi connectivity index (χ1) is 14.2. The topological polar surface area (TPSA) is 62.3 Å². The van der Waals surface area contributed by atoms with Crippen LogP contribution in [0.2, 0.25) is 0 Å². The van der Waals surface area contributed by atoms with E-state index in [1.807, 2.05) is 13.0 Å². The van der Waals surface area contributed by atoms with E-state index >= 15 is 0 Å². The highest BCUT2D eigenvalue weighted by molar-refractivity contribution is 5.96. The second kappa shape index (κ2) is 9.11. The van der Waals surface area contributed by atoms with Crippen LogP contribution in [0.25, 0.3) is 5.57 Å². The predicted octanol–water partition coefficient (Wildman–Crippen LogP) is 4.21. The maximum absolute atomic E-state index is 13.4. The van der Waals surface area contributed by atoms with Crippen molar-refractivity contribution in [2.75, 3.05) is 18.4 Å². The van der Waals surface area contributed by atoms with Gasteiger partial charge in [-0.05, 0) is 37.0 Å². The van der Waals surface area contributed by atoms with Crippen molar-refractivity contribution in [3.05, 3.63) is 65.9 Å². The van der Waals surface area contributed by atoms with Crippen molar-refractivity contribution < 1.29 is 22.8 Å². The fourth-order valence-corrected chi connectivity index (χ4v) is 3.29. The minimum atomic E-state index is -4.64. The summed E-state index contributed by atoms with van der Waals surface area (Å²) >= 11 is 0.